The van der Waals surface area contributed by atoms with Crippen LogP contribution in [-0.2, 0) is 4.79 Å². The predicted molar refractivity (Wildman–Crippen MR) is 112 cm³/mol. The molecule has 0 unspecified atom stereocenters. The first-order valence-electron chi connectivity index (χ1n) is 11.4. The minimum absolute atomic E-state index is 0.396. The summed E-state index contributed by atoms with van der Waals surface area (Å²) in [5.41, 5.74) is 0. The molecule has 0 saturated carbocycles. The second-order valence-electron chi connectivity index (χ2n) is 8.48. The quantitative estimate of drug-likeness (QED) is 0.224. The van der Waals surface area contributed by atoms with E-state index in [1.165, 1.54) is 96.3 Å². The van der Waals surface area contributed by atoms with E-state index in [0.717, 1.165) is 18.8 Å². The van der Waals surface area contributed by atoms with Crippen molar-refractivity contribution in [2.45, 2.75) is 136 Å². The van der Waals surface area contributed by atoms with Crippen LogP contribution >= 0.6 is 0 Å². The van der Waals surface area contributed by atoms with Crippen molar-refractivity contribution >= 4 is 5.97 Å². The van der Waals surface area contributed by atoms with Crippen molar-refractivity contribution in [1.29, 1.82) is 0 Å². The van der Waals surface area contributed by atoms with Gasteiger partial charge in [-0.1, -0.05) is 123 Å². The lowest BCUT2D eigenvalue weighted by atomic mass is 10.0. The summed E-state index contributed by atoms with van der Waals surface area (Å²) >= 11 is 0. The molecule has 3 heteroatoms. The van der Waals surface area contributed by atoms with E-state index in [1.54, 1.807) is 0 Å². The van der Waals surface area contributed by atoms with Crippen LogP contribution < -0.4 is 0 Å². The molecule has 0 saturated heterocycles. The number of carbonyl (C=O) groups is 1. The van der Waals surface area contributed by atoms with Crippen molar-refractivity contribution < 1.29 is 15.0 Å². The second kappa shape index (κ2) is 19.2. The lowest BCUT2D eigenvalue weighted by Crippen LogP contribution is -2.18. The van der Waals surface area contributed by atoms with Gasteiger partial charge in [0.05, 0.1) is 0 Å². The van der Waals surface area contributed by atoms with E-state index in [-0.39, 0.29) is 0 Å². The van der Waals surface area contributed by atoms with Gasteiger partial charge in [0.25, 0.3) is 0 Å². The largest absolute Gasteiger partial charge is 0.479 e. The minimum atomic E-state index is -1.17. The predicted octanol–water partition coefficient (Wildman–Crippen LogP) is 7.11. The van der Waals surface area contributed by atoms with Gasteiger partial charge in [-0.3, -0.25) is 0 Å². The number of aliphatic hydroxyl groups is 1. The van der Waals surface area contributed by atoms with Crippen LogP contribution in [0.3, 0.4) is 0 Å². The maximum atomic E-state index is 10.5. The zero-order valence-electron chi connectivity index (χ0n) is 17.7. The molecule has 0 heterocycles. The summed E-state index contributed by atoms with van der Waals surface area (Å²) in [5.74, 6) is -0.223. The van der Waals surface area contributed by atoms with Crippen LogP contribution in [0, 0.1) is 5.92 Å². The summed E-state index contributed by atoms with van der Waals surface area (Å²) in [6.45, 7) is 4.63. The first-order valence-corrected chi connectivity index (χ1v) is 11.4. The normalized spacial score (nSPS) is 12.6. The Bertz CT molecular complexity index is 302. The van der Waals surface area contributed by atoms with Gasteiger partial charge >= 0.3 is 5.97 Å². The smallest absolute Gasteiger partial charge is 0.332 e. The Balaban J connectivity index is 3.06. The van der Waals surface area contributed by atoms with E-state index in [2.05, 4.69) is 13.8 Å². The fourth-order valence-corrected chi connectivity index (χ4v) is 3.49. The van der Waals surface area contributed by atoms with Crippen LogP contribution in [0.1, 0.15) is 129 Å². The highest BCUT2D eigenvalue weighted by atomic mass is 16.4. The summed E-state index contributed by atoms with van der Waals surface area (Å²) in [6, 6.07) is 0. The number of carboxylic acids is 1. The van der Waals surface area contributed by atoms with Gasteiger partial charge in [0.1, 0.15) is 0 Å². The van der Waals surface area contributed by atoms with Gasteiger partial charge in [-0.15, -0.1) is 0 Å². The van der Waals surface area contributed by atoms with Gasteiger partial charge < -0.3 is 10.2 Å². The molecule has 0 aliphatic heterocycles. The van der Waals surface area contributed by atoms with Crippen molar-refractivity contribution in [2.75, 3.05) is 0 Å². The van der Waals surface area contributed by atoms with Crippen LogP contribution in [0.2, 0.25) is 0 Å². The molecule has 26 heavy (non-hydrogen) atoms. The van der Waals surface area contributed by atoms with E-state index < -0.39 is 12.1 Å². The van der Waals surface area contributed by atoms with Gasteiger partial charge in [-0.25, -0.2) is 4.79 Å². The van der Waals surface area contributed by atoms with E-state index in [0.29, 0.717) is 6.42 Å². The standard InChI is InChI=1S/C23H46O3/c1-21(2)19-17-15-13-11-9-7-5-3-4-6-8-10-12-14-16-18-20-22(24)23(25)26/h21-22,24H,3-20H2,1-2H3,(H,25,26)/t22-/m1/s1. The lowest BCUT2D eigenvalue weighted by Gasteiger charge is -2.05. The van der Waals surface area contributed by atoms with Crippen LogP contribution in [0.4, 0.5) is 0 Å². The maximum Gasteiger partial charge on any atom is 0.332 e. The Morgan fingerprint density at radius 1 is 0.577 bits per heavy atom. The Labute approximate surface area is 163 Å². The van der Waals surface area contributed by atoms with Gasteiger partial charge in [0.15, 0.2) is 6.10 Å². The summed E-state index contributed by atoms with van der Waals surface area (Å²) < 4.78 is 0. The molecule has 2 N–H and O–H groups in total. The Kier molecular flexibility index (Phi) is 18.8. The van der Waals surface area contributed by atoms with Crippen molar-refractivity contribution in [3.63, 3.8) is 0 Å². The number of carboxylic acid groups (broad SMARTS) is 1. The molecule has 0 aromatic rings. The van der Waals surface area contributed by atoms with E-state index >= 15 is 0 Å². The molecular weight excluding hydrogens is 324 g/mol. The zero-order chi connectivity index (χ0) is 19.5. The molecule has 0 aliphatic rings. The summed E-state index contributed by atoms with van der Waals surface area (Å²) in [5, 5.41) is 17.8. The number of rotatable bonds is 20. The SMILES string of the molecule is CC(C)CCCCCCCCCCCCCCCCCC[C@@H](O)C(=O)O. The minimum Gasteiger partial charge on any atom is -0.479 e. The number of hydrogen-bond acceptors (Lipinski definition) is 2. The molecule has 0 amide bonds. The number of aliphatic carboxylic acids is 1. The molecule has 3 nitrogen and oxygen atoms in total. The molecule has 0 bridgehead atoms. The van der Waals surface area contributed by atoms with Crippen molar-refractivity contribution in [3.8, 4) is 0 Å². The molecule has 1 atom stereocenters. The molecule has 0 fully saturated rings. The Morgan fingerprint density at radius 3 is 1.12 bits per heavy atom. The third-order valence-electron chi connectivity index (χ3n) is 5.29. The molecule has 0 aromatic carbocycles. The summed E-state index contributed by atoms with van der Waals surface area (Å²) in [6.07, 6.45) is 21.7. The molecule has 0 radical (unpaired) electrons. The molecule has 0 aromatic heterocycles. The average molecular weight is 371 g/mol. The monoisotopic (exact) mass is 370 g/mol. The summed E-state index contributed by atoms with van der Waals surface area (Å²) in [4.78, 5) is 10.5. The molecule has 0 spiro atoms. The van der Waals surface area contributed by atoms with Crippen molar-refractivity contribution in [2.24, 2.45) is 5.92 Å². The number of aliphatic hydroxyl groups excluding tert-OH is 1. The molecule has 0 rings (SSSR count). The van der Waals surface area contributed by atoms with E-state index in [9.17, 15) is 9.90 Å². The van der Waals surface area contributed by atoms with Crippen LogP contribution in [0.15, 0.2) is 0 Å². The maximum absolute atomic E-state index is 10.5. The average Bonchev–Trinajstić information content (AvgIpc) is 2.60. The van der Waals surface area contributed by atoms with Gasteiger partial charge in [0.2, 0.25) is 0 Å². The molecular formula is C23H46O3. The topological polar surface area (TPSA) is 57.5 Å². The van der Waals surface area contributed by atoms with Crippen molar-refractivity contribution in [3.05, 3.63) is 0 Å². The van der Waals surface area contributed by atoms with Gasteiger partial charge in [-0.05, 0) is 12.3 Å². The zero-order valence-corrected chi connectivity index (χ0v) is 17.7. The third-order valence-corrected chi connectivity index (χ3v) is 5.29. The fraction of sp³-hybridized carbons (Fsp3) is 0.957. The fourth-order valence-electron chi connectivity index (χ4n) is 3.49. The number of unbranched alkanes of at least 4 members (excludes halogenated alkanes) is 15. The number of hydrogen-bond donors (Lipinski definition) is 2. The van der Waals surface area contributed by atoms with Crippen LogP contribution in [-0.4, -0.2) is 22.3 Å². The third kappa shape index (κ3) is 19.8. The highest BCUT2D eigenvalue weighted by molar-refractivity contribution is 5.71. The highest BCUT2D eigenvalue weighted by Crippen LogP contribution is 2.15. The Hall–Kier alpha value is -0.570. The summed E-state index contributed by atoms with van der Waals surface area (Å²) in [7, 11) is 0. The van der Waals surface area contributed by atoms with Gasteiger partial charge in [-0.2, -0.15) is 0 Å². The van der Waals surface area contributed by atoms with Crippen LogP contribution in [0.5, 0.6) is 0 Å². The first-order chi connectivity index (χ1) is 12.5. The van der Waals surface area contributed by atoms with Crippen molar-refractivity contribution in [1.82, 2.24) is 0 Å². The Morgan fingerprint density at radius 2 is 0.846 bits per heavy atom. The first kappa shape index (κ1) is 25.4. The van der Waals surface area contributed by atoms with E-state index in [1.807, 2.05) is 0 Å². The lowest BCUT2D eigenvalue weighted by molar-refractivity contribution is -0.146. The van der Waals surface area contributed by atoms with E-state index in [4.69, 9.17) is 5.11 Å². The molecule has 0 aliphatic carbocycles. The molecule has 156 valence electrons. The highest BCUT2D eigenvalue weighted by Gasteiger charge is 2.11. The van der Waals surface area contributed by atoms with Crippen LogP contribution in [0.25, 0.3) is 0 Å². The van der Waals surface area contributed by atoms with Gasteiger partial charge in [0, 0.05) is 0 Å². The second-order valence-corrected chi connectivity index (χ2v) is 8.48.